The van der Waals surface area contributed by atoms with Crippen molar-refractivity contribution >= 4 is 27.3 Å². The number of carbonyl (C=O) groups excluding carboxylic acids is 1. The first-order chi connectivity index (χ1) is 11.3. The van der Waals surface area contributed by atoms with Gasteiger partial charge in [-0.15, -0.1) is 0 Å². The summed E-state index contributed by atoms with van der Waals surface area (Å²) in [5, 5.41) is 2.44. The molecule has 0 atom stereocenters. The highest BCUT2D eigenvalue weighted by molar-refractivity contribution is 7.92. The standard InChI is InChI=1S/C15H13FN2O5S/c1-9(19)17-12-4-2-10(16)6-13(12)18-24(20,21)11-3-5-14-15(7-11)23-8-22-14/h2-7,18H,8H2,1H3,(H,17,19). The molecule has 7 nitrogen and oxygen atoms in total. The fourth-order valence-corrected chi connectivity index (χ4v) is 3.23. The highest BCUT2D eigenvalue weighted by Gasteiger charge is 2.21. The van der Waals surface area contributed by atoms with Crippen LogP contribution in [0.25, 0.3) is 0 Å². The van der Waals surface area contributed by atoms with Crippen molar-refractivity contribution in [1.82, 2.24) is 0 Å². The van der Waals surface area contributed by atoms with Gasteiger partial charge in [0.2, 0.25) is 12.7 Å². The molecule has 1 aliphatic rings. The number of halogens is 1. The maximum Gasteiger partial charge on any atom is 0.262 e. The van der Waals surface area contributed by atoms with Crippen LogP contribution in [0.3, 0.4) is 0 Å². The molecule has 0 bridgehead atoms. The minimum absolute atomic E-state index is 0.0167. The second kappa shape index (κ2) is 6.00. The molecule has 1 heterocycles. The van der Waals surface area contributed by atoms with Gasteiger partial charge in [0.05, 0.1) is 16.3 Å². The number of nitrogens with one attached hydrogen (secondary N) is 2. The third-order valence-corrected chi connectivity index (χ3v) is 4.55. The Balaban J connectivity index is 1.95. The van der Waals surface area contributed by atoms with E-state index in [0.29, 0.717) is 11.5 Å². The molecule has 2 aromatic carbocycles. The Bertz CT molecular complexity index is 914. The molecular weight excluding hydrogens is 339 g/mol. The van der Waals surface area contributed by atoms with Crippen LogP contribution in [0, 0.1) is 5.82 Å². The Morgan fingerprint density at radius 2 is 1.83 bits per heavy atom. The molecule has 1 amide bonds. The van der Waals surface area contributed by atoms with Crippen LogP contribution >= 0.6 is 0 Å². The van der Waals surface area contributed by atoms with Crippen LogP contribution in [-0.2, 0) is 14.8 Å². The largest absolute Gasteiger partial charge is 0.454 e. The van der Waals surface area contributed by atoms with Gasteiger partial charge in [-0.1, -0.05) is 0 Å². The van der Waals surface area contributed by atoms with E-state index in [0.717, 1.165) is 12.1 Å². The second-order valence-electron chi connectivity index (χ2n) is 4.99. The summed E-state index contributed by atoms with van der Waals surface area (Å²) in [6.45, 7) is 1.28. The molecule has 3 rings (SSSR count). The lowest BCUT2D eigenvalue weighted by Gasteiger charge is -2.13. The molecule has 0 saturated heterocycles. The number of hydrogen-bond donors (Lipinski definition) is 2. The predicted octanol–water partition coefficient (Wildman–Crippen LogP) is 2.31. The van der Waals surface area contributed by atoms with Gasteiger partial charge in [-0.05, 0) is 24.3 Å². The zero-order valence-corrected chi connectivity index (χ0v) is 13.3. The van der Waals surface area contributed by atoms with Gasteiger partial charge in [0, 0.05) is 19.1 Å². The zero-order chi connectivity index (χ0) is 17.3. The van der Waals surface area contributed by atoms with Crippen LogP contribution in [0.4, 0.5) is 15.8 Å². The number of carbonyl (C=O) groups is 1. The number of hydrogen-bond acceptors (Lipinski definition) is 5. The number of ether oxygens (including phenoxy) is 2. The highest BCUT2D eigenvalue weighted by atomic mass is 32.2. The van der Waals surface area contributed by atoms with Gasteiger partial charge in [0.15, 0.2) is 11.5 Å². The molecule has 2 aromatic rings. The quantitative estimate of drug-likeness (QED) is 0.881. The third-order valence-electron chi connectivity index (χ3n) is 3.19. The molecule has 0 saturated carbocycles. The minimum Gasteiger partial charge on any atom is -0.454 e. The summed E-state index contributed by atoms with van der Waals surface area (Å²) in [7, 11) is -4.01. The lowest BCUT2D eigenvalue weighted by atomic mass is 10.2. The van der Waals surface area contributed by atoms with Crippen molar-refractivity contribution in [2.24, 2.45) is 0 Å². The first-order valence-corrected chi connectivity index (χ1v) is 8.33. The van der Waals surface area contributed by atoms with Crippen molar-refractivity contribution in [2.75, 3.05) is 16.8 Å². The van der Waals surface area contributed by atoms with Gasteiger partial charge in [-0.25, -0.2) is 12.8 Å². The molecule has 0 aromatic heterocycles. The van der Waals surface area contributed by atoms with Crippen LogP contribution in [-0.4, -0.2) is 21.1 Å². The highest BCUT2D eigenvalue weighted by Crippen LogP contribution is 2.34. The monoisotopic (exact) mass is 352 g/mol. The maximum absolute atomic E-state index is 13.5. The summed E-state index contributed by atoms with van der Waals surface area (Å²) in [5.74, 6) is -0.310. The van der Waals surface area contributed by atoms with Crippen molar-refractivity contribution in [3.8, 4) is 11.5 Å². The van der Waals surface area contributed by atoms with Gasteiger partial charge < -0.3 is 14.8 Å². The van der Waals surface area contributed by atoms with Gasteiger partial charge >= 0.3 is 0 Å². The summed E-state index contributed by atoms with van der Waals surface area (Å²) in [4.78, 5) is 11.1. The van der Waals surface area contributed by atoms with Crippen molar-refractivity contribution in [2.45, 2.75) is 11.8 Å². The van der Waals surface area contributed by atoms with E-state index in [1.807, 2.05) is 0 Å². The molecule has 0 unspecified atom stereocenters. The van der Waals surface area contributed by atoms with Crippen molar-refractivity contribution < 1.29 is 27.1 Å². The normalized spacial score (nSPS) is 12.8. The predicted molar refractivity (Wildman–Crippen MR) is 84.1 cm³/mol. The van der Waals surface area contributed by atoms with Gasteiger partial charge in [-0.2, -0.15) is 0 Å². The number of benzene rings is 2. The minimum atomic E-state index is -4.01. The van der Waals surface area contributed by atoms with Crippen LogP contribution in [0.2, 0.25) is 0 Å². The third kappa shape index (κ3) is 3.25. The molecule has 0 aliphatic carbocycles. The number of anilines is 2. The van der Waals surface area contributed by atoms with Crippen LogP contribution in [0.1, 0.15) is 6.92 Å². The molecular formula is C15H13FN2O5S. The van der Waals surface area contributed by atoms with E-state index >= 15 is 0 Å². The molecule has 24 heavy (non-hydrogen) atoms. The Hall–Kier alpha value is -2.81. The van der Waals surface area contributed by atoms with E-state index in [4.69, 9.17) is 9.47 Å². The average molecular weight is 352 g/mol. The van der Waals surface area contributed by atoms with Crippen molar-refractivity contribution in [3.05, 3.63) is 42.2 Å². The summed E-state index contributed by atoms with van der Waals surface area (Å²) in [6.07, 6.45) is 0. The summed E-state index contributed by atoms with van der Waals surface area (Å²) < 4.78 is 51.0. The van der Waals surface area contributed by atoms with Crippen LogP contribution in [0.15, 0.2) is 41.3 Å². The van der Waals surface area contributed by atoms with E-state index in [1.165, 1.54) is 31.2 Å². The summed E-state index contributed by atoms with van der Waals surface area (Å²) in [5.41, 5.74) is 0.0658. The van der Waals surface area contributed by atoms with E-state index in [9.17, 15) is 17.6 Å². The molecule has 2 N–H and O–H groups in total. The smallest absolute Gasteiger partial charge is 0.262 e. The SMILES string of the molecule is CC(=O)Nc1ccc(F)cc1NS(=O)(=O)c1ccc2c(c1)OCO2. The lowest BCUT2D eigenvalue weighted by Crippen LogP contribution is -2.16. The van der Waals surface area contributed by atoms with Crippen molar-refractivity contribution in [1.29, 1.82) is 0 Å². The van der Waals surface area contributed by atoms with Gasteiger partial charge in [-0.3, -0.25) is 9.52 Å². The Morgan fingerprint density at radius 3 is 2.58 bits per heavy atom. The first kappa shape index (κ1) is 16.1. The van der Waals surface area contributed by atoms with E-state index in [1.54, 1.807) is 0 Å². The lowest BCUT2D eigenvalue weighted by molar-refractivity contribution is -0.114. The van der Waals surface area contributed by atoms with E-state index in [2.05, 4.69) is 10.0 Å². The van der Waals surface area contributed by atoms with Crippen LogP contribution in [0.5, 0.6) is 11.5 Å². The fraction of sp³-hybridized carbons (Fsp3) is 0.133. The molecule has 9 heteroatoms. The van der Waals surface area contributed by atoms with Crippen molar-refractivity contribution in [3.63, 3.8) is 0 Å². The number of rotatable bonds is 4. The first-order valence-electron chi connectivity index (χ1n) is 6.85. The number of sulfonamides is 1. The summed E-state index contributed by atoms with van der Waals surface area (Å²) in [6, 6.07) is 7.49. The zero-order valence-electron chi connectivity index (χ0n) is 12.5. The molecule has 1 aliphatic heterocycles. The Kier molecular flexibility index (Phi) is 4.02. The molecule has 126 valence electrons. The number of fused-ring (bicyclic) bond motifs is 1. The topological polar surface area (TPSA) is 93.7 Å². The Labute approximate surface area is 137 Å². The average Bonchev–Trinajstić information content (AvgIpc) is 2.97. The Morgan fingerprint density at radius 1 is 1.08 bits per heavy atom. The second-order valence-corrected chi connectivity index (χ2v) is 6.67. The van der Waals surface area contributed by atoms with Gasteiger partial charge in [0.1, 0.15) is 5.82 Å². The number of amides is 1. The maximum atomic E-state index is 13.5. The fourth-order valence-electron chi connectivity index (χ4n) is 2.15. The van der Waals surface area contributed by atoms with E-state index < -0.39 is 21.7 Å². The van der Waals surface area contributed by atoms with Gasteiger partial charge in [0.25, 0.3) is 10.0 Å². The molecule has 0 radical (unpaired) electrons. The van der Waals surface area contributed by atoms with Crippen LogP contribution < -0.4 is 19.5 Å². The molecule has 0 spiro atoms. The summed E-state index contributed by atoms with van der Waals surface area (Å²) >= 11 is 0. The van der Waals surface area contributed by atoms with E-state index in [-0.39, 0.29) is 23.1 Å². The molecule has 0 fully saturated rings.